The number of rotatable bonds is 4. The highest BCUT2D eigenvalue weighted by molar-refractivity contribution is 6.30. The summed E-state index contributed by atoms with van der Waals surface area (Å²) in [5.74, 6) is -1.67. The summed E-state index contributed by atoms with van der Waals surface area (Å²) in [5.41, 5.74) is 1.58. The first kappa shape index (κ1) is 16.9. The van der Waals surface area contributed by atoms with E-state index in [1.807, 2.05) is 24.3 Å². The molecule has 0 radical (unpaired) electrons. The van der Waals surface area contributed by atoms with Crippen molar-refractivity contribution in [3.8, 4) is 0 Å². The zero-order valence-corrected chi connectivity index (χ0v) is 13.7. The van der Waals surface area contributed by atoms with Crippen molar-refractivity contribution in [3.63, 3.8) is 0 Å². The van der Waals surface area contributed by atoms with E-state index in [9.17, 15) is 14.3 Å². The largest absolute Gasteiger partial charge is 0.478 e. The van der Waals surface area contributed by atoms with Gasteiger partial charge in [-0.05, 0) is 35.4 Å². The van der Waals surface area contributed by atoms with Gasteiger partial charge in [-0.25, -0.2) is 9.18 Å². The molecule has 1 aliphatic rings. The van der Waals surface area contributed by atoms with Crippen LogP contribution in [0.15, 0.2) is 42.5 Å². The molecule has 4 nitrogen and oxygen atoms in total. The van der Waals surface area contributed by atoms with Crippen molar-refractivity contribution < 1.29 is 19.0 Å². The Morgan fingerprint density at radius 2 is 2.17 bits per heavy atom. The van der Waals surface area contributed by atoms with Crippen LogP contribution in [-0.4, -0.2) is 35.7 Å². The standard InChI is InChI=1S/C18H17ClFNO3/c19-14-3-1-2-12(8-14)17-11-21(6-7-24-17)10-13-4-5-15(20)9-16(13)18(22)23/h1-5,8-9,17H,6-7,10-11H2,(H,22,23). The number of carboxylic acid groups (broad SMARTS) is 1. The Labute approximate surface area is 144 Å². The molecule has 0 amide bonds. The van der Waals surface area contributed by atoms with Crippen molar-refractivity contribution in [2.75, 3.05) is 19.7 Å². The van der Waals surface area contributed by atoms with E-state index in [-0.39, 0.29) is 11.7 Å². The van der Waals surface area contributed by atoms with Gasteiger partial charge in [0, 0.05) is 24.7 Å². The van der Waals surface area contributed by atoms with Crippen LogP contribution >= 0.6 is 11.6 Å². The summed E-state index contributed by atoms with van der Waals surface area (Å²) in [7, 11) is 0. The molecule has 24 heavy (non-hydrogen) atoms. The van der Waals surface area contributed by atoms with Gasteiger partial charge in [-0.15, -0.1) is 0 Å². The molecular weight excluding hydrogens is 333 g/mol. The van der Waals surface area contributed by atoms with Crippen LogP contribution in [0.5, 0.6) is 0 Å². The zero-order valence-electron chi connectivity index (χ0n) is 12.9. The van der Waals surface area contributed by atoms with Crippen molar-refractivity contribution in [2.24, 2.45) is 0 Å². The number of aromatic carboxylic acids is 1. The summed E-state index contributed by atoms with van der Waals surface area (Å²) in [4.78, 5) is 13.4. The van der Waals surface area contributed by atoms with E-state index in [1.54, 1.807) is 0 Å². The molecule has 1 fully saturated rings. The Hall–Kier alpha value is -1.95. The molecule has 1 N–H and O–H groups in total. The van der Waals surface area contributed by atoms with Crippen molar-refractivity contribution >= 4 is 17.6 Å². The first-order chi connectivity index (χ1) is 11.5. The maximum atomic E-state index is 13.3. The normalized spacial score (nSPS) is 18.5. The Morgan fingerprint density at radius 1 is 1.33 bits per heavy atom. The van der Waals surface area contributed by atoms with Gasteiger partial charge < -0.3 is 9.84 Å². The molecule has 0 aromatic heterocycles. The van der Waals surface area contributed by atoms with Crippen LogP contribution < -0.4 is 0 Å². The lowest BCUT2D eigenvalue weighted by Gasteiger charge is -2.33. The molecular formula is C18H17ClFNO3. The van der Waals surface area contributed by atoms with Gasteiger partial charge in [0.1, 0.15) is 5.82 Å². The van der Waals surface area contributed by atoms with Crippen LogP contribution in [0.4, 0.5) is 4.39 Å². The number of nitrogens with zero attached hydrogens (tertiary/aromatic N) is 1. The van der Waals surface area contributed by atoms with E-state index in [1.165, 1.54) is 12.1 Å². The maximum absolute atomic E-state index is 13.3. The topological polar surface area (TPSA) is 49.8 Å². The minimum absolute atomic E-state index is 0.000738. The van der Waals surface area contributed by atoms with E-state index < -0.39 is 11.8 Å². The van der Waals surface area contributed by atoms with E-state index in [4.69, 9.17) is 16.3 Å². The first-order valence-corrected chi connectivity index (χ1v) is 8.02. The Kier molecular flexibility index (Phi) is 5.14. The highest BCUT2D eigenvalue weighted by Crippen LogP contribution is 2.26. The SMILES string of the molecule is O=C(O)c1cc(F)ccc1CN1CCOC(c2cccc(Cl)c2)C1. The number of benzene rings is 2. The van der Waals surface area contributed by atoms with Crippen LogP contribution in [0.3, 0.4) is 0 Å². The fraction of sp³-hybridized carbons (Fsp3) is 0.278. The maximum Gasteiger partial charge on any atom is 0.336 e. The molecule has 2 aromatic rings. The number of halogens is 2. The molecule has 1 saturated heterocycles. The van der Waals surface area contributed by atoms with E-state index in [2.05, 4.69) is 4.90 Å². The van der Waals surface area contributed by atoms with Crippen LogP contribution in [-0.2, 0) is 11.3 Å². The first-order valence-electron chi connectivity index (χ1n) is 7.64. The average Bonchev–Trinajstić information content (AvgIpc) is 2.56. The van der Waals surface area contributed by atoms with Gasteiger partial charge in [-0.3, -0.25) is 4.90 Å². The molecule has 0 spiro atoms. The minimum atomic E-state index is -1.12. The van der Waals surface area contributed by atoms with Gasteiger partial charge in [-0.2, -0.15) is 0 Å². The number of ether oxygens (including phenoxy) is 1. The Bertz CT molecular complexity index is 753. The molecule has 126 valence electrons. The average molecular weight is 350 g/mol. The van der Waals surface area contributed by atoms with Gasteiger partial charge in [0.25, 0.3) is 0 Å². The summed E-state index contributed by atoms with van der Waals surface area (Å²) in [6.45, 7) is 2.29. The van der Waals surface area contributed by atoms with E-state index >= 15 is 0 Å². The molecule has 1 aliphatic heterocycles. The van der Waals surface area contributed by atoms with Crippen molar-refractivity contribution in [3.05, 3.63) is 70.0 Å². The molecule has 3 rings (SSSR count). The third-order valence-corrected chi connectivity index (χ3v) is 4.30. The van der Waals surface area contributed by atoms with Crippen molar-refractivity contribution in [1.29, 1.82) is 0 Å². The van der Waals surface area contributed by atoms with Crippen molar-refractivity contribution in [2.45, 2.75) is 12.6 Å². The number of morpholine rings is 1. The Balaban J connectivity index is 1.75. The van der Waals surface area contributed by atoms with Gasteiger partial charge in [0.05, 0.1) is 18.3 Å². The zero-order chi connectivity index (χ0) is 17.1. The monoisotopic (exact) mass is 349 g/mol. The lowest BCUT2D eigenvalue weighted by Crippen LogP contribution is -2.38. The second-order valence-electron chi connectivity index (χ2n) is 5.76. The van der Waals surface area contributed by atoms with Crippen molar-refractivity contribution in [1.82, 2.24) is 4.90 Å². The van der Waals surface area contributed by atoms with Crippen LogP contribution in [0.2, 0.25) is 5.02 Å². The number of hydrogen-bond acceptors (Lipinski definition) is 3. The van der Waals surface area contributed by atoms with Gasteiger partial charge in [-0.1, -0.05) is 29.8 Å². The van der Waals surface area contributed by atoms with Crippen LogP contribution in [0, 0.1) is 5.82 Å². The molecule has 1 unspecified atom stereocenters. The number of carbonyl (C=O) groups is 1. The van der Waals surface area contributed by atoms with E-state index in [0.29, 0.717) is 36.8 Å². The minimum Gasteiger partial charge on any atom is -0.478 e. The van der Waals surface area contributed by atoms with Gasteiger partial charge in [0.15, 0.2) is 0 Å². The second kappa shape index (κ2) is 7.30. The summed E-state index contributed by atoms with van der Waals surface area (Å²) < 4.78 is 19.1. The highest BCUT2D eigenvalue weighted by atomic mass is 35.5. The fourth-order valence-electron chi connectivity index (χ4n) is 2.88. The Morgan fingerprint density at radius 3 is 2.92 bits per heavy atom. The summed E-state index contributed by atoms with van der Waals surface area (Å²) in [6, 6.07) is 11.4. The lowest BCUT2D eigenvalue weighted by atomic mass is 10.0. The fourth-order valence-corrected chi connectivity index (χ4v) is 3.08. The molecule has 1 atom stereocenters. The van der Waals surface area contributed by atoms with Crippen LogP contribution in [0.25, 0.3) is 0 Å². The number of hydrogen-bond donors (Lipinski definition) is 1. The summed E-state index contributed by atoms with van der Waals surface area (Å²) in [6.07, 6.45) is -0.119. The van der Waals surface area contributed by atoms with Crippen LogP contribution in [0.1, 0.15) is 27.6 Å². The predicted octanol–water partition coefficient (Wildman–Crippen LogP) is 3.75. The smallest absolute Gasteiger partial charge is 0.336 e. The predicted molar refractivity (Wildman–Crippen MR) is 88.8 cm³/mol. The quantitative estimate of drug-likeness (QED) is 0.913. The summed E-state index contributed by atoms with van der Waals surface area (Å²) in [5, 5.41) is 9.91. The summed E-state index contributed by atoms with van der Waals surface area (Å²) >= 11 is 6.03. The molecule has 0 aliphatic carbocycles. The molecule has 0 saturated carbocycles. The third kappa shape index (κ3) is 3.93. The lowest BCUT2D eigenvalue weighted by molar-refractivity contribution is -0.0330. The van der Waals surface area contributed by atoms with Gasteiger partial charge in [0.2, 0.25) is 0 Å². The molecule has 1 heterocycles. The second-order valence-corrected chi connectivity index (χ2v) is 6.19. The third-order valence-electron chi connectivity index (χ3n) is 4.07. The molecule has 0 bridgehead atoms. The van der Waals surface area contributed by atoms with Gasteiger partial charge >= 0.3 is 5.97 Å². The molecule has 6 heteroatoms. The highest BCUT2D eigenvalue weighted by Gasteiger charge is 2.23. The number of carboxylic acids is 1. The van der Waals surface area contributed by atoms with E-state index in [0.717, 1.165) is 11.6 Å². The molecule has 2 aromatic carbocycles.